The van der Waals surface area contributed by atoms with E-state index >= 15 is 0 Å². The number of fused-ring (bicyclic) bond motifs is 1. The van der Waals surface area contributed by atoms with E-state index < -0.39 is 0 Å². The average molecular weight is 274 g/mol. The molecule has 3 amide bonds. The molecule has 1 aliphatic heterocycles. The van der Waals surface area contributed by atoms with E-state index in [0.717, 1.165) is 11.3 Å². The Kier molecular flexibility index (Phi) is 3.88. The summed E-state index contributed by atoms with van der Waals surface area (Å²) in [6.45, 7) is 4.77. The molecule has 2 rings (SSSR count). The van der Waals surface area contributed by atoms with Crippen LogP contribution in [0.4, 0.5) is 0 Å². The first-order valence-electron chi connectivity index (χ1n) is 6.66. The van der Waals surface area contributed by atoms with Crippen LogP contribution >= 0.6 is 0 Å². The fourth-order valence-electron chi connectivity index (χ4n) is 2.08. The molecule has 1 aliphatic rings. The molecule has 1 N–H and O–H groups in total. The molecule has 5 heteroatoms. The van der Waals surface area contributed by atoms with Gasteiger partial charge in [-0.1, -0.05) is 13.8 Å². The first-order valence-corrected chi connectivity index (χ1v) is 6.66. The van der Waals surface area contributed by atoms with Crippen LogP contribution in [-0.2, 0) is 0 Å². The third kappa shape index (κ3) is 2.57. The summed E-state index contributed by atoms with van der Waals surface area (Å²) in [5, 5.41) is 2.81. The van der Waals surface area contributed by atoms with Gasteiger partial charge in [0.25, 0.3) is 17.7 Å². The highest BCUT2D eigenvalue weighted by Gasteiger charge is 2.33. The Morgan fingerprint density at radius 1 is 1.20 bits per heavy atom. The second kappa shape index (κ2) is 5.45. The van der Waals surface area contributed by atoms with Crippen LogP contribution in [0.25, 0.3) is 0 Å². The average Bonchev–Trinajstić information content (AvgIpc) is 2.63. The largest absolute Gasteiger partial charge is 0.352 e. The number of hydrogen-bond acceptors (Lipinski definition) is 3. The maximum atomic E-state index is 12.0. The highest BCUT2D eigenvalue weighted by molar-refractivity contribution is 6.21. The van der Waals surface area contributed by atoms with Crippen molar-refractivity contribution in [1.82, 2.24) is 10.2 Å². The molecule has 0 aromatic heterocycles. The van der Waals surface area contributed by atoms with Crippen LogP contribution in [0, 0.1) is 5.92 Å². The number of hydrogen-bond donors (Lipinski definition) is 1. The van der Waals surface area contributed by atoms with E-state index in [1.54, 1.807) is 6.07 Å². The summed E-state index contributed by atoms with van der Waals surface area (Å²) in [6.07, 6.45) is 0.900. The minimum absolute atomic E-state index is 0.219. The molecule has 0 aliphatic carbocycles. The van der Waals surface area contributed by atoms with E-state index in [-0.39, 0.29) is 17.7 Å². The van der Waals surface area contributed by atoms with Gasteiger partial charge in [0, 0.05) is 19.2 Å². The molecular formula is C15H18N2O3. The Morgan fingerprint density at radius 2 is 1.85 bits per heavy atom. The number of carbonyl (C=O) groups excluding carboxylic acids is 3. The van der Waals surface area contributed by atoms with Gasteiger partial charge in [-0.25, -0.2) is 0 Å². The number of benzene rings is 1. The number of amides is 3. The van der Waals surface area contributed by atoms with Crippen molar-refractivity contribution < 1.29 is 14.4 Å². The van der Waals surface area contributed by atoms with Crippen molar-refractivity contribution in [2.24, 2.45) is 5.92 Å². The summed E-state index contributed by atoms with van der Waals surface area (Å²) in [4.78, 5) is 36.6. The number of nitrogens with zero attached hydrogens (tertiary/aromatic N) is 1. The van der Waals surface area contributed by atoms with Gasteiger partial charge in [-0.2, -0.15) is 0 Å². The van der Waals surface area contributed by atoms with Crippen molar-refractivity contribution in [3.05, 3.63) is 34.9 Å². The molecule has 106 valence electrons. The molecule has 1 heterocycles. The molecule has 1 aromatic carbocycles. The summed E-state index contributed by atoms with van der Waals surface area (Å²) in [7, 11) is 1.44. The number of rotatable bonds is 4. The van der Waals surface area contributed by atoms with Crippen LogP contribution in [0.3, 0.4) is 0 Å². The molecular weight excluding hydrogens is 256 g/mol. The molecule has 0 spiro atoms. The minimum atomic E-state index is -0.359. The molecule has 20 heavy (non-hydrogen) atoms. The molecule has 0 atom stereocenters. The first-order chi connectivity index (χ1) is 9.41. The van der Waals surface area contributed by atoms with Crippen molar-refractivity contribution in [1.29, 1.82) is 0 Å². The summed E-state index contributed by atoms with van der Waals surface area (Å²) in [5.41, 5.74) is 1.06. The van der Waals surface area contributed by atoms with Gasteiger partial charge in [-0.05, 0) is 30.5 Å². The van der Waals surface area contributed by atoms with Crippen LogP contribution in [-0.4, -0.2) is 36.2 Å². The Bertz CT molecular complexity index is 578. The quantitative estimate of drug-likeness (QED) is 0.850. The second-order valence-electron chi connectivity index (χ2n) is 5.37. The van der Waals surface area contributed by atoms with Crippen LogP contribution in [0.1, 0.15) is 51.3 Å². The molecule has 1 aromatic rings. The van der Waals surface area contributed by atoms with E-state index in [1.165, 1.54) is 19.2 Å². The fourth-order valence-corrected chi connectivity index (χ4v) is 2.08. The molecule has 0 saturated carbocycles. The van der Waals surface area contributed by atoms with Gasteiger partial charge in [0.1, 0.15) is 0 Å². The lowest BCUT2D eigenvalue weighted by atomic mass is 10.1. The van der Waals surface area contributed by atoms with Crippen molar-refractivity contribution in [3.8, 4) is 0 Å². The lowest BCUT2D eigenvalue weighted by molar-refractivity contribution is 0.0693. The molecule has 0 radical (unpaired) electrons. The zero-order chi connectivity index (χ0) is 14.9. The Morgan fingerprint density at radius 3 is 2.50 bits per heavy atom. The molecule has 5 nitrogen and oxygen atoms in total. The van der Waals surface area contributed by atoms with Crippen molar-refractivity contribution in [3.63, 3.8) is 0 Å². The summed E-state index contributed by atoms with van der Waals surface area (Å²) in [5.74, 6) is -0.384. The molecule has 0 unspecified atom stereocenters. The summed E-state index contributed by atoms with van der Waals surface area (Å²) >= 11 is 0. The number of carbonyl (C=O) groups is 3. The van der Waals surface area contributed by atoms with Gasteiger partial charge >= 0.3 is 0 Å². The second-order valence-corrected chi connectivity index (χ2v) is 5.37. The standard InChI is InChI=1S/C15H18N2O3/c1-9(2)6-7-16-13(18)10-4-5-11-12(8-10)15(20)17(3)14(11)19/h4-5,8-9H,6-7H2,1-3H3,(H,16,18). The van der Waals surface area contributed by atoms with E-state index in [1.807, 2.05) is 0 Å². The molecule has 0 bridgehead atoms. The van der Waals surface area contributed by atoms with Gasteiger partial charge in [-0.3, -0.25) is 19.3 Å². The minimum Gasteiger partial charge on any atom is -0.352 e. The van der Waals surface area contributed by atoms with Gasteiger partial charge in [0.05, 0.1) is 11.1 Å². The van der Waals surface area contributed by atoms with E-state index in [4.69, 9.17) is 0 Å². The predicted molar refractivity (Wildman–Crippen MR) is 74.7 cm³/mol. The van der Waals surface area contributed by atoms with E-state index in [0.29, 0.717) is 29.2 Å². The Balaban J connectivity index is 2.14. The SMILES string of the molecule is CC(C)CCNC(=O)c1ccc2c(c1)C(=O)N(C)C2=O. The highest BCUT2D eigenvalue weighted by Crippen LogP contribution is 2.22. The van der Waals surface area contributed by atoms with Crippen molar-refractivity contribution in [2.75, 3.05) is 13.6 Å². The van der Waals surface area contributed by atoms with Crippen LogP contribution in [0.5, 0.6) is 0 Å². The van der Waals surface area contributed by atoms with Gasteiger partial charge in [0.2, 0.25) is 0 Å². The topological polar surface area (TPSA) is 66.5 Å². The fraction of sp³-hybridized carbons (Fsp3) is 0.400. The third-order valence-corrected chi connectivity index (χ3v) is 3.36. The number of imide groups is 1. The number of nitrogens with one attached hydrogen (secondary N) is 1. The Hall–Kier alpha value is -2.17. The monoisotopic (exact) mass is 274 g/mol. The Labute approximate surface area is 118 Å². The van der Waals surface area contributed by atoms with Gasteiger partial charge in [0.15, 0.2) is 0 Å². The van der Waals surface area contributed by atoms with Gasteiger partial charge < -0.3 is 5.32 Å². The summed E-state index contributed by atoms with van der Waals surface area (Å²) in [6, 6.07) is 4.61. The zero-order valence-electron chi connectivity index (χ0n) is 11.9. The van der Waals surface area contributed by atoms with Crippen LogP contribution in [0.15, 0.2) is 18.2 Å². The predicted octanol–water partition coefficient (Wildman–Crippen LogP) is 1.69. The van der Waals surface area contributed by atoms with Crippen molar-refractivity contribution in [2.45, 2.75) is 20.3 Å². The normalized spacial score (nSPS) is 13.9. The first kappa shape index (κ1) is 14.2. The zero-order valence-corrected chi connectivity index (χ0v) is 11.9. The summed E-state index contributed by atoms with van der Waals surface area (Å²) < 4.78 is 0. The lowest BCUT2D eigenvalue weighted by Gasteiger charge is -2.07. The third-order valence-electron chi connectivity index (χ3n) is 3.36. The molecule has 0 saturated heterocycles. The van der Waals surface area contributed by atoms with Crippen molar-refractivity contribution >= 4 is 17.7 Å². The van der Waals surface area contributed by atoms with Gasteiger partial charge in [-0.15, -0.1) is 0 Å². The van der Waals surface area contributed by atoms with Crippen LogP contribution in [0.2, 0.25) is 0 Å². The van der Waals surface area contributed by atoms with E-state index in [9.17, 15) is 14.4 Å². The lowest BCUT2D eigenvalue weighted by Crippen LogP contribution is -2.25. The van der Waals surface area contributed by atoms with E-state index in [2.05, 4.69) is 19.2 Å². The maximum absolute atomic E-state index is 12.0. The highest BCUT2D eigenvalue weighted by atomic mass is 16.2. The van der Waals surface area contributed by atoms with Crippen LogP contribution < -0.4 is 5.32 Å². The molecule has 0 fully saturated rings. The smallest absolute Gasteiger partial charge is 0.261 e. The maximum Gasteiger partial charge on any atom is 0.261 e.